The van der Waals surface area contributed by atoms with Gasteiger partial charge in [-0.2, -0.15) is 0 Å². The Bertz CT molecular complexity index is 1100. The van der Waals surface area contributed by atoms with Crippen molar-refractivity contribution in [1.82, 2.24) is 19.9 Å². The zero-order valence-electron chi connectivity index (χ0n) is 20.7. The molecule has 2 aromatic rings. The van der Waals surface area contributed by atoms with Gasteiger partial charge < -0.3 is 28.7 Å². The standard InChI is InChI=1S/C26H31N5O6/c1-3-14-35-24-27-25(36-15-4-2)29-26(28-24)37-18-20-17-30(13-16-34-20)22(32)9-10-23(33)31-12-11-19-7-5-6-8-21(19)31/h3-8,20H,1-2,9-18H2. The topological polar surface area (TPSA) is 116 Å². The van der Waals surface area contributed by atoms with Crippen LogP contribution in [0.1, 0.15) is 18.4 Å². The number of fused-ring (bicyclic) bond motifs is 1. The number of amides is 2. The predicted octanol–water partition coefficient (Wildman–Crippen LogP) is 1.98. The summed E-state index contributed by atoms with van der Waals surface area (Å²) in [4.78, 5) is 41.4. The quantitative estimate of drug-likeness (QED) is 0.396. The van der Waals surface area contributed by atoms with Crippen LogP contribution in [0.25, 0.3) is 0 Å². The summed E-state index contributed by atoms with van der Waals surface area (Å²) in [5.74, 6) is -0.125. The largest absolute Gasteiger partial charge is 0.460 e. The molecule has 1 aromatic heterocycles. The number of morpholine rings is 1. The lowest BCUT2D eigenvalue weighted by atomic mass is 10.2. The van der Waals surface area contributed by atoms with Crippen LogP contribution >= 0.6 is 0 Å². The Morgan fingerprint density at radius 1 is 0.946 bits per heavy atom. The number of para-hydroxylation sites is 1. The van der Waals surface area contributed by atoms with E-state index < -0.39 is 0 Å². The fraction of sp³-hybridized carbons (Fsp3) is 0.423. The fourth-order valence-electron chi connectivity index (χ4n) is 4.10. The van der Waals surface area contributed by atoms with Gasteiger partial charge in [-0.3, -0.25) is 9.59 Å². The normalized spacial score (nSPS) is 16.6. The molecule has 37 heavy (non-hydrogen) atoms. The van der Waals surface area contributed by atoms with Crippen molar-refractivity contribution in [2.45, 2.75) is 25.4 Å². The van der Waals surface area contributed by atoms with Crippen molar-refractivity contribution >= 4 is 17.5 Å². The van der Waals surface area contributed by atoms with Crippen molar-refractivity contribution in [3.63, 3.8) is 0 Å². The molecule has 0 aliphatic carbocycles. The molecule has 11 nitrogen and oxygen atoms in total. The van der Waals surface area contributed by atoms with Crippen molar-refractivity contribution in [1.29, 1.82) is 0 Å². The molecule has 1 unspecified atom stereocenters. The number of benzene rings is 1. The summed E-state index contributed by atoms with van der Waals surface area (Å²) < 4.78 is 22.2. The third-order valence-electron chi connectivity index (χ3n) is 5.87. The van der Waals surface area contributed by atoms with Crippen LogP contribution in [-0.4, -0.2) is 83.8 Å². The number of carbonyl (C=O) groups excluding carboxylic acids is 2. The molecule has 1 atom stereocenters. The van der Waals surface area contributed by atoms with Gasteiger partial charge in [-0.1, -0.05) is 43.5 Å². The number of anilines is 1. The first-order chi connectivity index (χ1) is 18.1. The Morgan fingerprint density at radius 3 is 2.30 bits per heavy atom. The van der Waals surface area contributed by atoms with Gasteiger partial charge in [-0.05, 0) is 18.1 Å². The summed E-state index contributed by atoms with van der Waals surface area (Å²) >= 11 is 0. The number of carbonyl (C=O) groups is 2. The number of ether oxygens (including phenoxy) is 4. The molecule has 4 rings (SSSR count). The first-order valence-electron chi connectivity index (χ1n) is 12.2. The van der Waals surface area contributed by atoms with Gasteiger partial charge in [0.05, 0.1) is 13.2 Å². The summed E-state index contributed by atoms with van der Waals surface area (Å²) in [5.41, 5.74) is 2.10. The van der Waals surface area contributed by atoms with Crippen LogP contribution < -0.4 is 19.1 Å². The van der Waals surface area contributed by atoms with Crippen LogP contribution in [0.15, 0.2) is 49.6 Å². The predicted molar refractivity (Wildman–Crippen MR) is 135 cm³/mol. The van der Waals surface area contributed by atoms with E-state index in [-0.39, 0.29) is 68.6 Å². The van der Waals surface area contributed by atoms with Crippen LogP contribution in [0.4, 0.5) is 5.69 Å². The van der Waals surface area contributed by atoms with E-state index in [0.717, 1.165) is 17.7 Å². The SMILES string of the molecule is C=CCOc1nc(OCC=C)nc(OCC2CN(C(=O)CCC(=O)N3CCc4ccccc43)CCO2)n1. The number of hydrogen-bond donors (Lipinski definition) is 0. The maximum atomic E-state index is 12.8. The average molecular weight is 510 g/mol. The van der Waals surface area contributed by atoms with E-state index >= 15 is 0 Å². The van der Waals surface area contributed by atoms with Gasteiger partial charge in [0.2, 0.25) is 11.8 Å². The van der Waals surface area contributed by atoms with Crippen molar-refractivity contribution in [2.24, 2.45) is 0 Å². The van der Waals surface area contributed by atoms with E-state index in [4.69, 9.17) is 18.9 Å². The van der Waals surface area contributed by atoms with Crippen LogP contribution in [0.5, 0.6) is 18.0 Å². The summed E-state index contributed by atoms with van der Waals surface area (Å²) in [6.45, 7) is 9.54. The van der Waals surface area contributed by atoms with Gasteiger partial charge in [0.15, 0.2) is 0 Å². The van der Waals surface area contributed by atoms with Gasteiger partial charge >= 0.3 is 18.0 Å². The van der Waals surface area contributed by atoms with E-state index in [1.807, 2.05) is 24.3 Å². The highest BCUT2D eigenvalue weighted by atomic mass is 16.6. The summed E-state index contributed by atoms with van der Waals surface area (Å²) in [6.07, 6.45) is 3.89. The van der Waals surface area contributed by atoms with Crippen molar-refractivity contribution in [3.05, 3.63) is 55.1 Å². The molecule has 196 valence electrons. The van der Waals surface area contributed by atoms with E-state index in [2.05, 4.69) is 28.1 Å². The molecule has 0 N–H and O–H groups in total. The Balaban J connectivity index is 1.27. The molecule has 2 aliphatic heterocycles. The Kier molecular flexibility index (Phi) is 9.03. The first kappa shape index (κ1) is 26.1. The van der Waals surface area contributed by atoms with Gasteiger partial charge in [0.25, 0.3) is 0 Å². The van der Waals surface area contributed by atoms with Gasteiger partial charge in [-0.25, -0.2) is 0 Å². The van der Waals surface area contributed by atoms with E-state index in [1.165, 1.54) is 0 Å². The molecular weight excluding hydrogens is 478 g/mol. The van der Waals surface area contributed by atoms with E-state index in [9.17, 15) is 9.59 Å². The van der Waals surface area contributed by atoms with Crippen molar-refractivity contribution in [2.75, 3.05) is 51.0 Å². The Morgan fingerprint density at radius 2 is 1.59 bits per heavy atom. The fourth-order valence-corrected chi connectivity index (χ4v) is 4.10. The molecule has 2 amide bonds. The minimum atomic E-state index is -0.384. The van der Waals surface area contributed by atoms with Crippen LogP contribution in [0.3, 0.4) is 0 Å². The maximum Gasteiger partial charge on any atom is 0.326 e. The maximum absolute atomic E-state index is 12.8. The minimum Gasteiger partial charge on any atom is -0.460 e. The molecule has 0 saturated carbocycles. The molecule has 0 bridgehead atoms. The third-order valence-corrected chi connectivity index (χ3v) is 5.87. The monoisotopic (exact) mass is 509 g/mol. The average Bonchev–Trinajstić information content (AvgIpc) is 3.37. The minimum absolute atomic E-state index is 0.0108. The van der Waals surface area contributed by atoms with E-state index in [1.54, 1.807) is 22.0 Å². The van der Waals surface area contributed by atoms with Crippen LogP contribution in [-0.2, 0) is 20.7 Å². The number of hydrogen-bond acceptors (Lipinski definition) is 9. The van der Waals surface area contributed by atoms with Crippen LogP contribution in [0, 0.1) is 0 Å². The summed E-state index contributed by atoms with van der Waals surface area (Å²) in [7, 11) is 0. The molecule has 1 saturated heterocycles. The highest BCUT2D eigenvalue weighted by Gasteiger charge is 2.28. The molecular formula is C26H31N5O6. The lowest BCUT2D eigenvalue weighted by Crippen LogP contribution is -2.47. The molecule has 3 heterocycles. The second-order valence-electron chi connectivity index (χ2n) is 8.45. The Hall–Kier alpha value is -3.99. The van der Waals surface area contributed by atoms with Gasteiger partial charge in [-0.15, -0.1) is 15.0 Å². The number of rotatable bonds is 12. The molecule has 0 spiro atoms. The Labute approximate surface area is 215 Å². The molecule has 1 fully saturated rings. The van der Waals surface area contributed by atoms with Crippen LogP contribution in [0.2, 0.25) is 0 Å². The highest BCUT2D eigenvalue weighted by molar-refractivity contribution is 5.97. The second kappa shape index (κ2) is 12.8. The van der Waals surface area contributed by atoms with Gasteiger partial charge in [0.1, 0.15) is 25.9 Å². The number of nitrogens with zero attached hydrogens (tertiary/aromatic N) is 5. The highest BCUT2D eigenvalue weighted by Crippen LogP contribution is 2.28. The summed E-state index contributed by atoms with van der Waals surface area (Å²) in [5, 5.41) is 0. The second-order valence-corrected chi connectivity index (χ2v) is 8.45. The lowest BCUT2D eigenvalue weighted by Gasteiger charge is -2.32. The van der Waals surface area contributed by atoms with E-state index in [0.29, 0.717) is 26.2 Å². The first-order valence-corrected chi connectivity index (χ1v) is 12.2. The third kappa shape index (κ3) is 7.04. The molecule has 0 radical (unpaired) electrons. The van der Waals surface area contributed by atoms with Crippen molar-refractivity contribution in [3.8, 4) is 18.0 Å². The zero-order chi connectivity index (χ0) is 26.0. The number of aromatic nitrogens is 3. The molecule has 2 aliphatic rings. The van der Waals surface area contributed by atoms with Gasteiger partial charge in [0, 0.05) is 31.6 Å². The molecule has 11 heteroatoms. The smallest absolute Gasteiger partial charge is 0.326 e. The zero-order valence-corrected chi connectivity index (χ0v) is 20.7. The molecule has 1 aromatic carbocycles. The lowest BCUT2D eigenvalue weighted by molar-refractivity contribution is -0.141. The summed E-state index contributed by atoms with van der Waals surface area (Å²) in [6, 6.07) is 7.96. The van der Waals surface area contributed by atoms with Crippen molar-refractivity contribution < 1.29 is 28.5 Å².